The highest BCUT2D eigenvalue weighted by Gasteiger charge is 2.12. The van der Waals surface area contributed by atoms with E-state index in [1.165, 1.54) is 12.1 Å². The number of aryl methyl sites for hydroxylation is 2. The number of nitrogens with one attached hydrogen (secondary N) is 1. The Morgan fingerprint density at radius 3 is 2.61 bits per heavy atom. The zero-order valence-corrected chi connectivity index (χ0v) is 13.5. The predicted octanol–water partition coefficient (Wildman–Crippen LogP) is 3.72. The highest BCUT2D eigenvalue weighted by molar-refractivity contribution is 5.91. The van der Waals surface area contributed by atoms with Gasteiger partial charge < -0.3 is 14.8 Å². The van der Waals surface area contributed by atoms with Crippen molar-refractivity contribution >= 4 is 11.6 Å². The van der Waals surface area contributed by atoms with Gasteiger partial charge in [-0.25, -0.2) is 4.39 Å². The zero-order valence-electron chi connectivity index (χ0n) is 13.5. The summed E-state index contributed by atoms with van der Waals surface area (Å²) in [6, 6.07) is 9.85. The van der Waals surface area contributed by atoms with Crippen LogP contribution in [0.2, 0.25) is 0 Å². The number of amides is 1. The zero-order chi connectivity index (χ0) is 16.8. The van der Waals surface area contributed by atoms with Gasteiger partial charge in [-0.2, -0.15) is 0 Å². The molecular formula is C18H20FNO3. The lowest BCUT2D eigenvalue weighted by Crippen LogP contribution is -2.13. The Labute approximate surface area is 135 Å². The number of anilines is 1. The number of para-hydroxylation sites is 1. The van der Waals surface area contributed by atoms with Crippen LogP contribution in [0, 0.1) is 12.7 Å². The SMILES string of the molecule is COc1cccc(CCC(=O)Nc2ccc(F)cc2C)c1OC. The van der Waals surface area contributed by atoms with Crippen molar-refractivity contribution in [3.8, 4) is 11.5 Å². The molecule has 1 amide bonds. The Morgan fingerprint density at radius 2 is 1.96 bits per heavy atom. The molecule has 0 atom stereocenters. The molecule has 0 saturated carbocycles. The van der Waals surface area contributed by atoms with E-state index in [4.69, 9.17) is 9.47 Å². The molecule has 0 radical (unpaired) electrons. The van der Waals surface area contributed by atoms with Crippen LogP contribution in [0.4, 0.5) is 10.1 Å². The van der Waals surface area contributed by atoms with E-state index in [2.05, 4.69) is 5.32 Å². The van der Waals surface area contributed by atoms with Gasteiger partial charge in [0.1, 0.15) is 5.82 Å². The predicted molar refractivity (Wildman–Crippen MR) is 87.6 cm³/mol. The number of hydrogen-bond donors (Lipinski definition) is 1. The number of carbonyl (C=O) groups excluding carboxylic acids is 1. The first-order valence-corrected chi connectivity index (χ1v) is 7.31. The van der Waals surface area contributed by atoms with Gasteiger partial charge in [-0.15, -0.1) is 0 Å². The monoisotopic (exact) mass is 317 g/mol. The maximum absolute atomic E-state index is 13.1. The van der Waals surface area contributed by atoms with Crippen LogP contribution >= 0.6 is 0 Å². The fourth-order valence-electron chi connectivity index (χ4n) is 2.38. The second kappa shape index (κ2) is 7.63. The molecule has 0 spiro atoms. The largest absolute Gasteiger partial charge is 0.493 e. The standard InChI is InChI=1S/C18H20FNO3/c1-12-11-14(19)8-9-15(12)20-17(21)10-7-13-5-4-6-16(22-2)18(13)23-3/h4-6,8-9,11H,7,10H2,1-3H3,(H,20,21). The smallest absolute Gasteiger partial charge is 0.224 e. The van der Waals surface area contributed by atoms with E-state index in [0.717, 1.165) is 5.56 Å². The first kappa shape index (κ1) is 16.8. The minimum absolute atomic E-state index is 0.135. The average molecular weight is 317 g/mol. The van der Waals surface area contributed by atoms with Crippen LogP contribution in [0.1, 0.15) is 17.5 Å². The second-order valence-electron chi connectivity index (χ2n) is 5.16. The number of ether oxygens (including phenoxy) is 2. The first-order chi connectivity index (χ1) is 11.0. The molecule has 0 heterocycles. The van der Waals surface area contributed by atoms with Crippen molar-refractivity contribution < 1.29 is 18.7 Å². The van der Waals surface area contributed by atoms with E-state index in [1.54, 1.807) is 27.2 Å². The Balaban J connectivity index is 2.02. The van der Waals surface area contributed by atoms with Crippen molar-refractivity contribution in [2.24, 2.45) is 0 Å². The van der Waals surface area contributed by atoms with Gasteiger partial charge in [0.05, 0.1) is 14.2 Å². The van der Waals surface area contributed by atoms with E-state index in [-0.39, 0.29) is 11.7 Å². The van der Waals surface area contributed by atoms with Crippen LogP contribution in [-0.2, 0) is 11.2 Å². The molecule has 2 rings (SSSR count). The summed E-state index contributed by atoms with van der Waals surface area (Å²) in [5.41, 5.74) is 2.21. The fraction of sp³-hybridized carbons (Fsp3) is 0.278. The van der Waals surface area contributed by atoms with E-state index in [9.17, 15) is 9.18 Å². The van der Waals surface area contributed by atoms with Gasteiger partial charge in [0.15, 0.2) is 11.5 Å². The summed E-state index contributed by atoms with van der Waals surface area (Å²) in [5, 5.41) is 2.80. The molecule has 5 heteroatoms. The molecule has 0 fully saturated rings. The molecule has 0 aliphatic heterocycles. The number of carbonyl (C=O) groups is 1. The van der Waals surface area contributed by atoms with Crippen molar-refractivity contribution in [1.29, 1.82) is 0 Å². The summed E-state index contributed by atoms with van der Waals surface area (Å²) < 4.78 is 23.7. The first-order valence-electron chi connectivity index (χ1n) is 7.31. The average Bonchev–Trinajstić information content (AvgIpc) is 2.55. The summed E-state index contributed by atoms with van der Waals surface area (Å²) in [4.78, 5) is 12.1. The molecule has 2 aromatic carbocycles. The van der Waals surface area contributed by atoms with Crippen molar-refractivity contribution in [2.75, 3.05) is 19.5 Å². The minimum atomic E-state index is -0.318. The number of halogens is 1. The molecule has 1 N–H and O–H groups in total. The Kier molecular flexibility index (Phi) is 5.57. The summed E-state index contributed by atoms with van der Waals surface area (Å²) in [5.74, 6) is 0.826. The molecule has 0 saturated heterocycles. The third-order valence-electron chi connectivity index (χ3n) is 3.57. The number of methoxy groups -OCH3 is 2. The van der Waals surface area contributed by atoms with Crippen LogP contribution < -0.4 is 14.8 Å². The van der Waals surface area contributed by atoms with Crippen LogP contribution in [0.25, 0.3) is 0 Å². The van der Waals surface area contributed by atoms with Crippen molar-refractivity contribution in [2.45, 2.75) is 19.8 Å². The number of hydrogen-bond acceptors (Lipinski definition) is 3. The van der Waals surface area contributed by atoms with Gasteiger partial charge in [-0.05, 0) is 48.7 Å². The molecule has 0 bridgehead atoms. The Bertz CT molecular complexity index is 701. The van der Waals surface area contributed by atoms with Crippen molar-refractivity contribution in [3.63, 3.8) is 0 Å². The topological polar surface area (TPSA) is 47.6 Å². The van der Waals surface area contributed by atoms with Crippen LogP contribution in [-0.4, -0.2) is 20.1 Å². The van der Waals surface area contributed by atoms with Crippen LogP contribution in [0.5, 0.6) is 11.5 Å². The molecule has 23 heavy (non-hydrogen) atoms. The van der Waals surface area contributed by atoms with Crippen LogP contribution in [0.3, 0.4) is 0 Å². The lowest BCUT2D eigenvalue weighted by Gasteiger charge is -2.13. The van der Waals surface area contributed by atoms with Crippen molar-refractivity contribution in [1.82, 2.24) is 0 Å². The summed E-state index contributed by atoms with van der Waals surface area (Å²) in [6.07, 6.45) is 0.812. The van der Waals surface area contributed by atoms with E-state index >= 15 is 0 Å². The van der Waals surface area contributed by atoms with Gasteiger partial charge >= 0.3 is 0 Å². The highest BCUT2D eigenvalue weighted by Crippen LogP contribution is 2.31. The van der Waals surface area contributed by atoms with Gasteiger partial charge in [0.2, 0.25) is 5.91 Å². The number of rotatable bonds is 6. The molecule has 0 aromatic heterocycles. The highest BCUT2D eigenvalue weighted by atomic mass is 19.1. The molecule has 2 aromatic rings. The van der Waals surface area contributed by atoms with Crippen LogP contribution in [0.15, 0.2) is 36.4 Å². The van der Waals surface area contributed by atoms with E-state index in [1.807, 2.05) is 18.2 Å². The third kappa shape index (κ3) is 4.22. The maximum Gasteiger partial charge on any atom is 0.224 e. The van der Waals surface area contributed by atoms with Gasteiger partial charge in [-0.3, -0.25) is 4.79 Å². The molecule has 0 unspecified atom stereocenters. The van der Waals surface area contributed by atoms with E-state index in [0.29, 0.717) is 35.6 Å². The lowest BCUT2D eigenvalue weighted by molar-refractivity contribution is -0.116. The Hall–Kier alpha value is -2.56. The molecule has 4 nitrogen and oxygen atoms in total. The summed E-state index contributed by atoms with van der Waals surface area (Å²) in [7, 11) is 3.15. The maximum atomic E-state index is 13.1. The second-order valence-corrected chi connectivity index (χ2v) is 5.16. The van der Waals surface area contributed by atoms with Crippen molar-refractivity contribution in [3.05, 3.63) is 53.3 Å². The number of benzene rings is 2. The molecular weight excluding hydrogens is 297 g/mol. The third-order valence-corrected chi connectivity index (χ3v) is 3.57. The summed E-state index contributed by atoms with van der Waals surface area (Å²) >= 11 is 0. The van der Waals surface area contributed by atoms with Gasteiger partial charge in [0, 0.05) is 12.1 Å². The normalized spacial score (nSPS) is 10.3. The minimum Gasteiger partial charge on any atom is -0.493 e. The quantitative estimate of drug-likeness (QED) is 0.883. The molecule has 0 aliphatic carbocycles. The van der Waals surface area contributed by atoms with Gasteiger partial charge in [0.25, 0.3) is 0 Å². The summed E-state index contributed by atoms with van der Waals surface area (Å²) in [6.45, 7) is 1.75. The van der Waals surface area contributed by atoms with E-state index < -0.39 is 0 Å². The Morgan fingerprint density at radius 1 is 1.17 bits per heavy atom. The fourth-order valence-corrected chi connectivity index (χ4v) is 2.38. The lowest BCUT2D eigenvalue weighted by atomic mass is 10.1. The van der Waals surface area contributed by atoms with Gasteiger partial charge in [-0.1, -0.05) is 12.1 Å². The molecule has 0 aliphatic rings. The molecule has 122 valence electrons.